The van der Waals surface area contributed by atoms with Crippen molar-refractivity contribution >= 4 is 23.6 Å². The summed E-state index contributed by atoms with van der Waals surface area (Å²) in [6.07, 6.45) is 3.11. The monoisotopic (exact) mass is 354 g/mol. The lowest BCUT2D eigenvalue weighted by Crippen LogP contribution is -2.46. The number of nitrogens with zero attached hydrogens (tertiary/aromatic N) is 3. The summed E-state index contributed by atoms with van der Waals surface area (Å²) in [5, 5.41) is 12.0. The van der Waals surface area contributed by atoms with Crippen LogP contribution < -0.4 is 5.32 Å². The Morgan fingerprint density at radius 3 is 2.62 bits per heavy atom. The van der Waals surface area contributed by atoms with Crippen molar-refractivity contribution in [2.24, 2.45) is 5.92 Å². The molecule has 1 aromatic heterocycles. The van der Waals surface area contributed by atoms with Gasteiger partial charge in [0.2, 0.25) is 5.91 Å². The van der Waals surface area contributed by atoms with Crippen molar-refractivity contribution < 1.29 is 14.3 Å². The van der Waals surface area contributed by atoms with Gasteiger partial charge in [-0.3, -0.25) is 4.79 Å². The average molecular weight is 354 g/mol. The number of hydrogen-bond acceptors (Lipinski definition) is 6. The molecule has 1 N–H and O–H groups in total. The lowest BCUT2D eigenvalue weighted by molar-refractivity contribution is -0.146. The van der Waals surface area contributed by atoms with Crippen molar-refractivity contribution in [1.82, 2.24) is 20.1 Å². The van der Waals surface area contributed by atoms with E-state index in [0.717, 1.165) is 23.9 Å². The van der Waals surface area contributed by atoms with Crippen LogP contribution in [0.1, 0.15) is 51.8 Å². The fourth-order valence-corrected chi connectivity index (χ4v) is 3.31. The Morgan fingerprint density at radius 1 is 1.38 bits per heavy atom. The van der Waals surface area contributed by atoms with Gasteiger partial charge in [0.05, 0.1) is 12.9 Å². The molecule has 1 amide bonds. The SMILES string of the molecule is CC[C@H](C)[C@@H](NC(=O)CSc1nnc(C2CC2)n1CC)C(=O)OC. The second-order valence-electron chi connectivity index (χ2n) is 6.10. The van der Waals surface area contributed by atoms with E-state index < -0.39 is 12.0 Å². The molecule has 8 heteroatoms. The number of aromatic nitrogens is 3. The van der Waals surface area contributed by atoms with Gasteiger partial charge in [-0.1, -0.05) is 32.0 Å². The van der Waals surface area contributed by atoms with Crippen LogP contribution in [-0.2, 0) is 20.9 Å². The van der Waals surface area contributed by atoms with Gasteiger partial charge >= 0.3 is 5.97 Å². The Labute approximate surface area is 146 Å². The zero-order chi connectivity index (χ0) is 17.7. The lowest BCUT2D eigenvalue weighted by atomic mass is 9.99. The summed E-state index contributed by atoms with van der Waals surface area (Å²) in [5.74, 6) is 1.16. The van der Waals surface area contributed by atoms with Gasteiger partial charge in [0.1, 0.15) is 11.9 Å². The van der Waals surface area contributed by atoms with Crippen LogP contribution in [0.2, 0.25) is 0 Å². The van der Waals surface area contributed by atoms with Crippen LogP contribution in [-0.4, -0.2) is 45.5 Å². The van der Waals surface area contributed by atoms with Crippen molar-refractivity contribution in [3.63, 3.8) is 0 Å². The van der Waals surface area contributed by atoms with E-state index in [1.165, 1.54) is 31.7 Å². The molecule has 0 unspecified atom stereocenters. The smallest absolute Gasteiger partial charge is 0.328 e. The average Bonchev–Trinajstić information content (AvgIpc) is 3.36. The van der Waals surface area contributed by atoms with E-state index in [1.54, 1.807) is 0 Å². The second-order valence-corrected chi connectivity index (χ2v) is 7.04. The summed E-state index contributed by atoms with van der Waals surface area (Å²) >= 11 is 1.35. The van der Waals surface area contributed by atoms with Gasteiger partial charge in [-0.05, 0) is 25.7 Å². The molecule has 2 rings (SSSR count). The molecule has 1 saturated carbocycles. The first-order valence-corrected chi connectivity index (χ1v) is 9.43. The molecule has 0 radical (unpaired) electrons. The number of thioether (sulfide) groups is 1. The highest BCUT2D eigenvalue weighted by Crippen LogP contribution is 2.39. The maximum atomic E-state index is 12.2. The summed E-state index contributed by atoms with van der Waals surface area (Å²) < 4.78 is 6.86. The van der Waals surface area contributed by atoms with Crippen LogP contribution in [0.15, 0.2) is 5.16 Å². The normalized spacial score (nSPS) is 16.5. The zero-order valence-electron chi connectivity index (χ0n) is 14.7. The maximum absolute atomic E-state index is 12.2. The third-order valence-electron chi connectivity index (χ3n) is 4.32. The van der Waals surface area contributed by atoms with Gasteiger partial charge in [0, 0.05) is 12.5 Å². The predicted octanol–water partition coefficient (Wildman–Crippen LogP) is 1.97. The third kappa shape index (κ3) is 4.49. The highest BCUT2D eigenvalue weighted by molar-refractivity contribution is 7.99. The van der Waals surface area contributed by atoms with Crippen LogP contribution in [0.25, 0.3) is 0 Å². The summed E-state index contributed by atoms with van der Waals surface area (Å²) in [4.78, 5) is 24.1. The molecule has 1 fully saturated rings. The molecule has 134 valence electrons. The van der Waals surface area contributed by atoms with E-state index in [0.29, 0.717) is 5.92 Å². The van der Waals surface area contributed by atoms with Gasteiger partial charge in [0.25, 0.3) is 0 Å². The van der Waals surface area contributed by atoms with Gasteiger partial charge < -0.3 is 14.6 Å². The van der Waals surface area contributed by atoms with Crippen molar-refractivity contribution in [3.8, 4) is 0 Å². The fourth-order valence-electron chi connectivity index (χ4n) is 2.49. The largest absolute Gasteiger partial charge is 0.467 e. The molecule has 0 aliphatic heterocycles. The van der Waals surface area contributed by atoms with Crippen LogP contribution in [0, 0.1) is 5.92 Å². The summed E-state index contributed by atoms with van der Waals surface area (Å²) in [6.45, 7) is 6.74. The topological polar surface area (TPSA) is 86.1 Å². The van der Waals surface area contributed by atoms with Crippen LogP contribution in [0.3, 0.4) is 0 Å². The Bertz CT molecular complexity index is 586. The maximum Gasteiger partial charge on any atom is 0.328 e. The number of hydrogen-bond donors (Lipinski definition) is 1. The van der Waals surface area contributed by atoms with Gasteiger partial charge in [-0.15, -0.1) is 10.2 Å². The number of carbonyl (C=O) groups excluding carboxylic acids is 2. The number of nitrogens with one attached hydrogen (secondary N) is 1. The molecule has 24 heavy (non-hydrogen) atoms. The van der Waals surface area contributed by atoms with Crippen molar-refractivity contribution in [2.45, 2.75) is 63.7 Å². The summed E-state index contributed by atoms with van der Waals surface area (Å²) in [5.41, 5.74) is 0. The van der Waals surface area contributed by atoms with E-state index in [-0.39, 0.29) is 17.6 Å². The molecule has 0 aromatic carbocycles. The number of ether oxygens (including phenoxy) is 1. The molecule has 1 aliphatic carbocycles. The molecule has 2 atom stereocenters. The highest BCUT2D eigenvalue weighted by Gasteiger charge is 2.30. The summed E-state index contributed by atoms with van der Waals surface area (Å²) in [7, 11) is 1.34. The minimum absolute atomic E-state index is 0.0205. The molecule has 7 nitrogen and oxygen atoms in total. The van der Waals surface area contributed by atoms with E-state index in [2.05, 4.69) is 27.0 Å². The number of rotatable bonds is 9. The number of amides is 1. The number of carbonyl (C=O) groups is 2. The summed E-state index contributed by atoms with van der Waals surface area (Å²) in [6, 6.07) is -0.612. The van der Waals surface area contributed by atoms with Crippen LogP contribution in [0.5, 0.6) is 0 Å². The van der Waals surface area contributed by atoms with E-state index >= 15 is 0 Å². The van der Waals surface area contributed by atoms with E-state index in [9.17, 15) is 9.59 Å². The number of methoxy groups -OCH3 is 1. The first kappa shape index (κ1) is 18.8. The molecular formula is C16H26N4O3S. The van der Waals surface area contributed by atoms with Crippen LogP contribution >= 0.6 is 11.8 Å². The van der Waals surface area contributed by atoms with Gasteiger partial charge in [-0.2, -0.15) is 0 Å². The molecule has 0 spiro atoms. The Hall–Kier alpha value is -1.57. The molecular weight excluding hydrogens is 328 g/mol. The van der Waals surface area contributed by atoms with E-state index in [1.807, 2.05) is 13.8 Å². The van der Waals surface area contributed by atoms with E-state index in [4.69, 9.17) is 4.74 Å². The Kier molecular flexibility index (Phi) is 6.65. The zero-order valence-corrected chi connectivity index (χ0v) is 15.6. The quantitative estimate of drug-likeness (QED) is 0.539. The Morgan fingerprint density at radius 2 is 2.08 bits per heavy atom. The molecule has 1 heterocycles. The van der Waals surface area contributed by atoms with Crippen molar-refractivity contribution in [1.29, 1.82) is 0 Å². The standard InChI is InChI=1S/C16H26N4O3S/c1-5-10(3)13(15(22)23-4)17-12(21)9-24-16-19-18-14(11-7-8-11)20(16)6-2/h10-11,13H,5-9H2,1-4H3,(H,17,21)/t10-,13+/m0/s1. The first-order valence-electron chi connectivity index (χ1n) is 8.44. The molecule has 0 bridgehead atoms. The van der Waals surface area contributed by atoms with Gasteiger partial charge in [0.15, 0.2) is 5.16 Å². The highest BCUT2D eigenvalue weighted by atomic mass is 32.2. The van der Waals surface area contributed by atoms with Gasteiger partial charge in [-0.25, -0.2) is 4.79 Å². The van der Waals surface area contributed by atoms with Crippen molar-refractivity contribution in [3.05, 3.63) is 5.82 Å². The molecule has 1 aromatic rings. The fraction of sp³-hybridized carbons (Fsp3) is 0.750. The van der Waals surface area contributed by atoms with Crippen LogP contribution in [0.4, 0.5) is 0 Å². The van der Waals surface area contributed by atoms with Crippen molar-refractivity contribution in [2.75, 3.05) is 12.9 Å². The minimum atomic E-state index is -0.612. The predicted molar refractivity (Wildman–Crippen MR) is 91.8 cm³/mol. The second kappa shape index (κ2) is 8.50. The lowest BCUT2D eigenvalue weighted by Gasteiger charge is -2.21. The third-order valence-corrected chi connectivity index (χ3v) is 5.29. The molecule has 0 saturated heterocycles. The Balaban J connectivity index is 1.93. The minimum Gasteiger partial charge on any atom is -0.467 e. The first-order chi connectivity index (χ1) is 11.5. The number of esters is 1. The molecule has 1 aliphatic rings.